The first-order chi connectivity index (χ1) is 9.26. The Morgan fingerprint density at radius 3 is 3.05 bits per heavy atom. The van der Waals surface area contributed by atoms with Crippen LogP contribution in [0.1, 0.15) is 26.2 Å². The van der Waals surface area contributed by atoms with Gasteiger partial charge in [-0.2, -0.15) is 0 Å². The number of hydrogen-bond acceptors (Lipinski definition) is 5. The van der Waals surface area contributed by atoms with Gasteiger partial charge in [-0.1, -0.05) is 6.92 Å². The Labute approximate surface area is 116 Å². The van der Waals surface area contributed by atoms with E-state index in [2.05, 4.69) is 45.1 Å². The molecule has 0 spiro atoms. The predicted molar refractivity (Wildman–Crippen MR) is 79.9 cm³/mol. The van der Waals surface area contributed by atoms with Gasteiger partial charge in [-0.15, -0.1) is 0 Å². The van der Waals surface area contributed by atoms with Crippen molar-refractivity contribution in [2.75, 3.05) is 43.5 Å². The maximum Gasteiger partial charge on any atom is 0.134 e. The fourth-order valence-electron chi connectivity index (χ4n) is 2.74. The Hall–Kier alpha value is -1.36. The average Bonchev–Trinajstić information content (AvgIpc) is 2.88. The second-order valence-corrected chi connectivity index (χ2v) is 5.20. The van der Waals surface area contributed by atoms with Gasteiger partial charge in [0, 0.05) is 38.8 Å². The Balaban J connectivity index is 2.13. The van der Waals surface area contributed by atoms with Crippen molar-refractivity contribution in [1.82, 2.24) is 15.3 Å². The smallest absolute Gasteiger partial charge is 0.134 e. The molecule has 0 bridgehead atoms. The molecule has 1 aromatic rings. The number of hydrogen-bond donors (Lipinski definition) is 1. The van der Waals surface area contributed by atoms with Gasteiger partial charge >= 0.3 is 0 Å². The minimum absolute atomic E-state index is 0.559. The molecule has 0 radical (unpaired) electrons. The highest BCUT2D eigenvalue weighted by Crippen LogP contribution is 2.25. The van der Waals surface area contributed by atoms with Crippen molar-refractivity contribution in [2.45, 2.75) is 32.2 Å². The van der Waals surface area contributed by atoms with Crippen LogP contribution >= 0.6 is 0 Å². The quantitative estimate of drug-likeness (QED) is 0.843. The van der Waals surface area contributed by atoms with E-state index in [1.165, 1.54) is 12.8 Å². The van der Waals surface area contributed by atoms with Crippen molar-refractivity contribution in [3.63, 3.8) is 0 Å². The maximum absolute atomic E-state index is 4.46. The van der Waals surface area contributed by atoms with Crippen LogP contribution in [0.2, 0.25) is 0 Å². The van der Waals surface area contributed by atoms with Crippen LogP contribution in [0.5, 0.6) is 0 Å². The molecule has 2 heterocycles. The van der Waals surface area contributed by atoms with Gasteiger partial charge in [0.2, 0.25) is 0 Å². The van der Waals surface area contributed by atoms with Gasteiger partial charge in [-0.05, 0) is 26.3 Å². The van der Waals surface area contributed by atoms with Crippen LogP contribution in [0.25, 0.3) is 0 Å². The van der Waals surface area contributed by atoms with Gasteiger partial charge in [-0.3, -0.25) is 0 Å². The Morgan fingerprint density at radius 1 is 1.47 bits per heavy atom. The molecule has 1 aliphatic rings. The van der Waals surface area contributed by atoms with Gasteiger partial charge in [0.05, 0.1) is 0 Å². The summed E-state index contributed by atoms with van der Waals surface area (Å²) >= 11 is 0. The summed E-state index contributed by atoms with van der Waals surface area (Å²) in [6.45, 7) is 5.32. The molecule has 1 atom stereocenters. The largest absolute Gasteiger partial charge is 0.360 e. The summed E-state index contributed by atoms with van der Waals surface area (Å²) in [7, 11) is 4.10. The van der Waals surface area contributed by atoms with E-state index >= 15 is 0 Å². The first kappa shape index (κ1) is 14.1. The van der Waals surface area contributed by atoms with Crippen molar-refractivity contribution in [3.8, 4) is 0 Å². The molecular weight excluding hydrogens is 238 g/mol. The number of aromatic nitrogens is 2. The number of nitrogens with zero attached hydrogens (tertiary/aromatic N) is 4. The van der Waals surface area contributed by atoms with Gasteiger partial charge < -0.3 is 15.1 Å². The van der Waals surface area contributed by atoms with E-state index in [1.807, 2.05) is 7.05 Å². The Kier molecular flexibility index (Phi) is 4.96. The molecule has 1 unspecified atom stereocenters. The number of rotatable bonds is 6. The molecule has 5 nitrogen and oxygen atoms in total. The van der Waals surface area contributed by atoms with E-state index in [4.69, 9.17) is 0 Å². The minimum atomic E-state index is 0.559. The van der Waals surface area contributed by atoms with E-state index < -0.39 is 0 Å². The third-order valence-electron chi connectivity index (χ3n) is 3.70. The summed E-state index contributed by atoms with van der Waals surface area (Å²) in [5.74, 6) is 2.08. The van der Waals surface area contributed by atoms with Crippen LogP contribution < -0.4 is 15.1 Å². The van der Waals surface area contributed by atoms with Crippen LogP contribution in [0, 0.1) is 0 Å². The van der Waals surface area contributed by atoms with E-state index in [0.29, 0.717) is 6.04 Å². The monoisotopic (exact) mass is 263 g/mol. The van der Waals surface area contributed by atoms with Crippen molar-refractivity contribution in [3.05, 3.63) is 12.4 Å². The average molecular weight is 263 g/mol. The third kappa shape index (κ3) is 3.35. The van der Waals surface area contributed by atoms with Crippen LogP contribution in [-0.4, -0.2) is 49.7 Å². The zero-order valence-corrected chi connectivity index (χ0v) is 12.3. The minimum Gasteiger partial charge on any atom is -0.360 e. The lowest BCUT2D eigenvalue weighted by atomic mass is 10.2. The van der Waals surface area contributed by atoms with E-state index in [1.54, 1.807) is 6.33 Å². The van der Waals surface area contributed by atoms with Crippen LogP contribution in [0.3, 0.4) is 0 Å². The molecule has 1 saturated heterocycles. The molecule has 106 valence electrons. The number of nitrogens with one attached hydrogen (secondary N) is 1. The topological polar surface area (TPSA) is 44.3 Å². The second kappa shape index (κ2) is 6.70. The summed E-state index contributed by atoms with van der Waals surface area (Å²) in [5, 5.41) is 3.27. The summed E-state index contributed by atoms with van der Waals surface area (Å²) in [4.78, 5) is 13.4. The van der Waals surface area contributed by atoms with Gasteiger partial charge in [0.1, 0.15) is 18.0 Å². The van der Waals surface area contributed by atoms with Crippen molar-refractivity contribution in [1.29, 1.82) is 0 Å². The highest BCUT2D eigenvalue weighted by atomic mass is 15.3. The molecule has 2 rings (SSSR count). The molecule has 1 fully saturated rings. The fourth-order valence-corrected chi connectivity index (χ4v) is 2.74. The maximum atomic E-state index is 4.46. The second-order valence-electron chi connectivity index (χ2n) is 5.20. The van der Waals surface area contributed by atoms with E-state index in [0.717, 1.165) is 37.7 Å². The lowest BCUT2D eigenvalue weighted by molar-refractivity contribution is 0.611. The summed E-state index contributed by atoms with van der Waals surface area (Å²) < 4.78 is 0. The Morgan fingerprint density at radius 2 is 2.32 bits per heavy atom. The Bertz CT molecular complexity index is 395. The molecular formula is C14H25N5. The first-order valence-electron chi connectivity index (χ1n) is 7.20. The van der Waals surface area contributed by atoms with Crippen molar-refractivity contribution >= 4 is 11.6 Å². The molecule has 0 aliphatic carbocycles. The highest BCUT2D eigenvalue weighted by Gasteiger charge is 2.25. The summed E-state index contributed by atoms with van der Waals surface area (Å²) in [5.41, 5.74) is 0. The molecule has 0 aromatic carbocycles. The molecule has 0 saturated carbocycles. The molecule has 1 aliphatic heterocycles. The molecule has 19 heavy (non-hydrogen) atoms. The highest BCUT2D eigenvalue weighted by molar-refractivity contribution is 5.51. The summed E-state index contributed by atoms with van der Waals surface area (Å²) in [6.07, 6.45) is 5.30. The molecule has 1 aromatic heterocycles. The number of anilines is 2. The number of likely N-dealkylation sites (N-methyl/N-ethyl adjacent to an activating group) is 1. The van der Waals surface area contributed by atoms with Gasteiger partial charge in [-0.25, -0.2) is 9.97 Å². The SMILES string of the molecule is CCCN(C)c1cc(N2CCCC2CNC)ncn1. The van der Waals surface area contributed by atoms with Crippen LogP contribution in [-0.2, 0) is 0 Å². The van der Waals surface area contributed by atoms with Crippen LogP contribution in [0.15, 0.2) is 12.4 Å². The van der Waals surface area contributed by atoms with Crippen molar-refractivity contribution in [2.24, 2.45) is 0 Å². The zero-order chi connectivity index (χ0) is 13.7. The standard InChI is InChI=1S/C14H25N5/c1-4-7-18(3)13-9-14(17-11-16-13)19-8-5-6-12(19)10-15-2/h9,11-12,15H,4-8,10H2,1-3H3. The zero-order valence-electron chi connectivity index (χ0n) is 12.3. The van der Waals surface area contributed by atoms with E-state index in [-0.39, 0.29) is 0 Å². The molecule has 1 N–H and O–H groups in total. The first-order valence-corrected chi connectivity index (χ1v) is 7.20. The summed E-state index contributed by atoms with van der Waals surface area (Å²) in [6, 6.07) is 2.67. The molecule has 0 amide bonds. The normalized spacial score (nSPS) is 18.9. The lowest BCUT2D eigenvalue weighted by Crippen LogP contribution is -2.37. The van der Waals surface area contributed by atoms with Gasteiger partial charge in [0.15, 0.2) is 0 Å². The van der Waals surface area contributed by atoms with Crippen LogP contribution in [0.4, 0.5) is 11.6 Å². The van der Waals surface area contributed by atoms with Crippen molar-refractivity contribution < 1.29 is 0 Å². The van der Waals surface area contributed by atoms with Gasteiger partial charge in [0.25, 0.3) is 0 Å². The lowest BCUT2D eigenvalue weighted by Gasteiger charge is -2.26. The van der Waals surface area contributed by atoms with E-state index in [9.17, 15) is 0 Å². The third-order valence-corrected chi connectivity index (χ3v) is 3.70. The fraction of sp³-hybridized carbons (Fsp3) is 0.714. The predicted octanol–water partition coefficient (Wildman–Crippen LogP) is 1.51. The molecule has 5 heteroatoms.